The number of primary amides is 1. The number of benzene rings is 1. The van der Waals surface area contributed by atoms with E-state index in [0.717, 1.165) is 18.5 Å². The van der Waals surface area contributed by atoms with Crippen molar-refractivity contribution in [2.75, 3.05) is 5.32 Å². The summed E-state index contributed by atoms with van der Waals surface area (Å²) >= 11 is 0. The van der Waals surface area contributed by atoms with Crippen LogP contribution in [0.2, 0.25) is 0 Å². The zero-order chi connectivity index (χ0) is 14.0. The smallest absolute Gasteiger partial charge is 0.248 e. The fraction of sp³-hybridized carbons (Fsp3) is 0.308. The molecule has 19 heavy (non-hydrogen) atoms. The van der Waals surface area contributed by atoms with Gasteiger partial charge in [-0.15, -0.1) is 0 Å². The van der Waals surface area contributed by atoms with E-state index in [1.54, 1.807) is 18.2 Å². The molecule has 1 aromatic heterocycles. The lowest BCUT2D eigenvalue weighted by molar-refractivity contribution is -0.114. The van der Waals surface area contributed by atoms with Crippen LogP contribution in [0.5, 0.6) is 0 Å². The van der Waals surface area contributed by atoms with Crippen molar-refractivity contribution in [1.29, 1.82) is 0 Å². The Morgan fingerprint density at radius 1 is 1.42 bits per heavy atom. The van der Waals surface area contributed by atoms with E-state index >= 15 is 0 Å². The number of imidazole rings is 1. The molecule has 2 rings (SSSR count). The Morgan fingerprint density at radius 3 is 2.74 bits per heavy atom. The van der Waals surface area contributed by atoms with E-state index in [9.17, 15) is 9.59 Å². The first kappa shape index (κ1) is 13.1. The highest BCUT2D eigenvalue weighted by atomic mass is 16.1. The summed E-state index contributed by atoms with van der Waals surface area (Å²) in [7, 11) is 0. The molecule has 0 unspecified atom stereocenters. The standard InChI is InChI=1S/C13H16N4O2/c1-3-6-17-11-5-4-9(12(14)19)7-10(11)16-13(17)15-8(2)18/h4-5,7H,3,6H2,1-2H3,(H2,14,19)(H,15,16,18). The van der Waals surface area contributed by atoms with Gasteiger partial charge in [-0.05, 0) is 24.6 Å². The summed E-state index contributed by atoms with van der Waals surface area (Å²) in [6.45, 7) is 4.22. The van der Waals surface area contributed by atoms with Gasteiger partial charge in [-0.3, -0.25) is 14.9 Å². The second kappa shape index (κ2) is 5.09. The Labute approximate surface area is 110 Å². The van der Waals surface area contributed by atoms with E-state index in [4.69, 9.17) is 5.73 Å². The molecule has 0 bridgehead atoms. The molecule has 0 saturated heterocycles. The molecule has 6 heteroatoms. The monoisotopic (exact) mass is 260 g/mol. The number of amides is 2. The maximum atomic E-state index is 11.2. The van der Waals surface area contributed by atoms with Gasteiger partial charge in [0.1, 0.15) is 0 Å². The minimum absolute atomic E-state index is 0.178. The van der Waals surface area contributed by atoms with E-state index < -0.39 is 5.91 Å². The number of nitrogens with two attached hydrogens (primary N) is 1. The number of hydrogen-bond acceptors (Lipinski definition) is 3. The van der Waals surface area contributed by atoms with Gasteiger partial charge < -0.3 is 10.3 Å². The van der Waals surface area contributed by atoms with Gasteiger partial charge in [0.2, 0.25) is 17.8 Å². The van der Waals surface area contributed by atoms with Gasteiger partial charge in [-0.2, -0.15) is 0 Å². The molecule has 0 spiro atoms. The van der Waals surface area contributed by atoms with Gasteiger partial charge in [0.25, 0.3) is 0 Å². The van der Waals surface area contributed by atoms with E-state index in [1.165, 1.54) is 6.92 Å². The van der Waals surface area contributed by atoms with Crippen molar-refractivity contribution in [2.24, 2.45) is 5.73 Å². The van der Waals surface area contributed by atoms with Crippen molar-refractivity contribution >= 4 is 28.8 Å². The average Bonchev–Trinajstić information content (AvgIpc) is 2.66. The molecule has 2 amide bonds. The van der Waals surface area contributed by atoms with Gasteiger partial charge in [0, 0.05) is 19.0 Å². The van der Waals surface area contributed by atoms with E-state index in [0.29, 0.717) is 17.0 Å². The third-order valence-corrected chi connectivity index (χ3v) is 2.77. The van der Waals surface area contributed by atoms with Crippen molar-refractivity contribution in [3.05, 3.63) is 23.8 Å². The molecule has 6 nitrogen and oxygen atoms in total. The molecule has 0 aliphatic carbocycles. The Morgan fingerprint density at radius 2 is 2.16 bits per heavy atom. The number of fused-ring (bicyclic) bond motifs is 1. The third-order valence-electron chi connectivity index (χ3n) is 2.77. The van der Waals surface area contributed by atoms with E-state index in [1.807, 2.05) is 11.5 Å². The number of rotatable bonds is 4. The number of nitrogens with one attached hydrogen (secondary N) is 1. The number of anilines is 1. The van der Waals surface area contributed by atoms with Crippen molar-refractivity contribution in [2.45, 2.75) is 26.8 Å². The van der Waals surface area contributed by atoms with E-state index in [-0.39, 0.29) is 5.91 Å². The first-order valence-corrected chi connectivity index (χ1v) is 6.10. The summed E-state index contributed by atoms with van der Waals surface area (Å²) in [6, 6.07) is 5.09. The number of carbonyl (C=O) groups excluding carboxylic acids is 2. The molecular formula is C13H16N4O2. The molecule has 100 valence electrons. The largest absolute Gasteiger partial charge is 0.366 e. The van der Waals surface area contributed by atoms with Crippen LogP contribution in [0.1, 0.15) is 30.6 Å². The van der Waals surface area contributed by atoms with Gasteiger partial charge >= 0.3 is 0 Å². The highest BCUT2D eigenvalue weighted by molar-refractivity contribution is 5.97. The van der Waals surface area contributed by atoms with Crippen LogP contribution < -0.4 is 11.1 Å². The summed E-state index contributed by atoms with van der Waals surface area (Å²) in [5, 5.41) is 2.69. The van der Waals surface area contributed by atoms with Crippen LogP contribution >= 0.6 is 0 Å². The van der Waals surface area contributed by atoms with Crippen molar-refractivity contribution < 1.29 is 9.59 Å². The predicted octanol–water partition coefficient (Wildman–Crippen LogP) is 1.50. The Balaban J connectivity index is 2.58. The van der Waals surface area contributed by atoms with Crippen molar-refractivity contribution in [1.82, 2.24) is 9.55 Å². The van der Waals surface area contributed by atoms with Crippen molar-refractivity contribution in [3.8, 4) is 0 Å². The van der Waals surface area contributed by atoms with Gasteiger partial charge in [0.15, 0.2) is 0 Å². The third kappa shape index (κ3) is 2.57. The highest BCUT2D eigenvalue weighted by Crippen LogP contribution is 2.21. The lowest BCUT2D eigenvalue weighted by Gasteiger charge is -2.07. The number of hydrogen-bond donors (Lipinski definition) is 2. The van der Waals surface area contributed by atoms with Crippen molar-refractivity contribution in [3.63, 3.8) is 0 Å². The van der Waals surface area contributed by atoms with Crippen LogP contribution in [0.25, 0.3) is 11.0 Å². The van der Waals surface area contributed by atoms with Gasteiger partial charge in [0.05, 0.1) is 11.0 Å². The van der Waals surface area contributed by atoms with Crippen LogP contribution in [-0.4, -0.2) is 21.4 Å². The number of nitrogens with zero attached hydrogens (tertiary/aromatic N) is 2. The quantitative estimate of drug-likeness (QED) is 0.872. The zero-order valence-electron chi connectivity index (χ0n) is 10.9. The topological polar surface area (TPSA) is 90.0 Å². The maximum Gasteiger partial charge on any atom is 0.248 e. The summed E-state index contributed by atoms with van der Waals surface area (Å²) < 4.78 is 1.92. The fourth-order valence-electron chi connectivity index (χ4n) is 1.99. The first-order valence-electron chi connectivity index (χ1n) is 6.10. The number of aryl methyl sites for hydroxylation is 1. The SMILES string of the molecule is CCCn1c(NC(C)=O)nc2cc(C(N)=O)ccc21. The summed E-state index contributed by atoms with van der Waals surface area (Å²) in [6.07, 6.45) is 0.912. The Bertz CT molecular complexity index is 645. The zero-order valence-corrected chi connectivity index (χ0v) is 10.9. The summed E-state index contributed by atoms with van der Waals surface area (Å²) in [5.41, 5.74) is 7.17. The predicted molar refractivity (Wildman–Crippen MR) is 72.8 cm³/mol. The van der Waals surface area contributed by atoms with Crippen LogP contribution in [0.3, 0.4) is 0 Å². The fourth-order valence-corrected chi connectivity index (χ4v) is 1.99. The molecule has 0 aliphatic rings. The molecule has 1 aromatic carbocycles. The molecule has 1 heterocycles. The Kier molecular flexibility index (Phi) is 3.50. The summed E-state index contributed by atoms with van der Waals surface area (Å²) in [5.74, 6) is -0.179. The van der Waals surface area contributed by atoms with Crippen LogP contribution in [-0.2, 0) is 11.3 Å². The second-order valence-electron chi connectivity index (χ2n) is 4.34. The molecule has 0 saturated carbocycles. The van der Waals surface area contributed by atoms with E-state index in [2.05, 4.69) is 10.3 Å². The number of carbonyl (C=O) groups is 2. The average molecular weight is 260 g/mol. The van der Waals surface area contributed by atoms with Crippen LogP contribution in [0, 0.1) is 0 Å². The molecule has 3 N–H and O–H groups in total. The number of aromatic nitrogens is 2. The molecular weight excluding hydrogens is 244 g/mol. The Hall–Kier alpha value is -2.37. The first-order chi connectivity index (χ1) is 9.02. The molecule has 0 aliphatic heterocycles. The second-order valence-corrected chi connectivity index (χ2v) is 4.34. The molecule has 2 aromatic rings. The van der Waals surface area contributed by atoms with Gasteiger partial charge in [-0.1, -0.05) is 6.92 Å². The molecule has 0 fully saturated rings. The lowest BCUT2D eigenvalue weighted by atomic mass is 10.2. The van der Waals surface area contributed by atoms with Crippen LogP contribution in [0.4, 0.5) is 5.95 Å². The minimum Gasteiger partial charge on any atom is -0.366 e. The highest BCUT2D eigenvalue weighted by Gasteiger charge is 2.12. The summed E-state index contributed by atoms with van der Waals surface area (Å²) in [4.78, 5) is 26.7. The maximum absolute atomic E-state index is 11.2. The molecule has 0 radical (unpaired) electrons. The normalized spacial score (nSPS) is 10.6. The van der Waals surface area contributed by atoms with Gasteiger partial charge in [-0.25, -0.2) is 4.98 Å². The minimum atomic E-state index is -0.493. The molecule has 0 atom stereocenters. The van der Waals surface area contributed by atoms with Crippen LogP contribution in [0.15, 0.2) is 18.2 Å². The lowest BCUT2D eigenvalue weighted by Crippen LogP contribution is -2.12.